The van der Waals surface area contributed by atoms with Gasteiger partial charge >= 0.3 is 0 Å². The number of aromatic nitrogens is 1. The summed E-state index contributed by atoms with van der Waals surface area (Å²) in [6.45, 7) is -0.517. The fourth-order valence-corrected chi connectivity index (χ4v) is 3.04. The van der Waals surface area contributed by atoms with Gasteiger partial charge in [-0.3, -0.25) is 0 Å². The van der Waals surface area contributed by atoms with E-state index >= 15 is 0 Å². The molecule has 0 amide bonds. The fraction of sp³-hybridized carbons (Fsp3) is 0.111. The van der Waals surface area contributed by atoms with E-state index in [2.05, 4.69) is 4.98 Å². The minimum Gasteiger partial charge on any atom is -0.546 e. The zero-order valence-electron chi connectivity index (χ0n) is 12.9. The first-order valence-corrected chi connectivity index (χ1v) is 8.01. The van der Waals surface area contributed by atoms with E-state index < -0.39 is 12.6 Å². The summed E-state index contributed by atoms with van der Waals surface area (Å²) in [7, 11) is 1.50. The first-order valence-electron chi connectivity index (χ1n) is 7.20. The SMILES string of the molecule is COc1cc(/C=C/c2nc3ccccc3s2)ccc1OCC(=O)[O-]. The fourth-order valence-electron chi connectivity index (χ4n) is 2.17. The van der Waals surface area contributed by atoms with Gasteiger partial charge in [-0.25, -0.2) is 4.98 Å². The number of fused-ring (bicyclic) bond motifs is 1. The van der Waals surface area contributed by atoms with E-state index in [0.29, 0.717) is 11.5 Å². The first kappa shape index (κ1) is 16.0. The highest BCUT2D eigenvalue weighted by molar-refractivity contribution is 7.19. The van der Waals surface area contributed by atoms with E-state index in [0.717, 1.165) is 20.8 Å². The minimum atomic E-state index is -1.28. The van der Waals surface area contributed by atoms with Crippen molar-refractivity contribution in [3.8, 4) is 11.5 Å². The number of carbonyl (C=O) groups is 1. The van der Waals surface area contributed by atoms with Crippen LogP contribution in [0.15, 0.2) is 42.5 Å². The maximum absolute atomic E-state index is 10.5. The van der Waals surface area contributed by atoms with Crippen molar-refractivity contribution >= 4 is 39.7 Å². The van der Waals surface area contributed by atoms with Crippen LogP contribution in [-0.4, -0.2) is 24.7 Å². The molecule has 0 aliphatic heterocycles. The third-order valence-electron chi connectivity index (χ3n) is 3.26. The summed E-state index contributed by atoms with van der Waals surface area (Å²) in [5.41, 5.74) is 1.87. The number of ether oxygens (including phenoxy) is 2. The third kappa shape index (κ3) is 3.72. The molecule has 24 heavy (non-hydrogen) atoms. The van der Waals surface area contributed by atoms with Crippen LogP contribution in [0, 0.1) is 0 Å². The summed E-state index contributed by atoms with van der Waals surface area (Å²) in [4.78, 5) is 15.0. The van der Waals surface area contributed by atoms with Gasteiger partial charge in [0.2, 0.25) is 0 Å². The average Bonchev–Trinajstić information content (AvgIpc) is 3.01. The molecule has 122 valence electrons. The normalized spacial score (nSPS) is 11.0. The Morgan fingerprint density at radius 2 is 2.04 bits per heavy atom. The van der Waals surface area contributed by atoms with E-state index in [1.54, 1.807) is 23.5 Å². The molecule has 2 aromatic carbocycles. The second kappa shape index (κ2) is 7.14. The molecule has 0 saturated carbocycles. The van der Waals surface area contributed by atoms with E-state index in [9.17, 15) is 9.90 Å². The second-order valence-corrected chi connectivity index (χ2v) is 5.99. The number of hydrogen-bond donors (Lipinski definition) is 0. The van der Waals surface area contributed by atoms with Gasteiger partial charge in [0.15, 0.2) is 11.5 Å². The van der Waals surface area contributed by atoms with Crippen LogP contribution in [0.3, 0.4) is 0 Å². The number of carboxylic acid groups (broad SMARTS) is 1. The van der Waals surface area contributed by atoms with E-state index in [1.165, 1.54) is 7.11 Å². The molecule has 0 atom stereocenters. The first-order chi connectivity index (χ1) is 11.7. The third-order valence-corrected chi connectivity index (χ3v) is 4.26. The Hall–Kier alpha value is -2.86. The number of carboxylic acids is 1. The molecule has 5 nitrogen and oxygen atoms in total. The van der Waals surface area contributed by atoms with Crippen LogP contribution in [0.5, 0.6) is 11.5 Å². The van der Waals surface area contributed by atoms with E-state index in [4.69, 9.17) is 9.47 Å². The topological polar surface area (TPSA) is 71.5 Å². The van der Waals surface area contributed by atoms with Gasteiger partial charge in [0.25, 0.3) is 0 Å². The van der Waals surface area contributed by atoms with Crippen LogP contribution in [-0.2, 0) is 4.79 Å². The van der Waals surface area contributed by atoms with Crippen molar-refractivity contribution in [2.45, 2.75) is 0 Å². The van der Waals surface area contributed by atoms with Gasteiger partial charge in [0, 0.05) is 0 Å². The quantitative estimate of drug-likeness (QED) is 0.690. The Morgan fingerprint density at radius 3 is 2.79 bits per heavy atom. The second-order valence-electron chi connectivity index (χ2n) is 4.92. The van der Waals surface area contributed by atoms with Crippen molar-refractivity contribution in [1.29, 1.82) is 0 Å². The number of rotatable bonds is 6. The highest BCUT2D eigenvalue weighted by atomic mass is 32.1. The number of para-hydroxylation sites is 1. The van der Waals surface area contributed by atoms with Crippen LogP contribution >= 0.6 is 11.3 Å². The Kier molecular flexibility index (Phi) is 4.77. The van der Waals surface area contributed by atoms with Crippen molar-refractivity contribution in [1.82, 2.24) is 4.98 Å². The molecule has 0 aliphatic carbocycles. The largest absolute Gasteiger partial charge is 0.546 e. The number of aliphatic carboxylic acids is 1. The van der Waals surface area contributed by atoms with Crippen LogP contribution in [0.25, 0.3) is 22.4 Å². The minimum absolute atomic E-state index is 0.360. The zero-order chi connectivity index (χ0) is 16.9. The van der Waals surface area contributed by atoms with Gasteiger partial charge in [-0.1, -0.05) is 24.3 Å². The van der Waals surface area contributed by atoms with Gasteiger partial charge in [0.05, 0.1) is 23.3 Å². The van der Waals surface area contributed by atoms with Crippen LogP contribution < -0.4 is 14.6 Å². The van der Waals surface area contributed by atoms with Crippen molar-refractivity contribution in [2.75, 3.05) is 13.7 Å². The molecule has 1 heterocycles. The summed E-state index contributed by atoms with van der Waals surface area (Å²) in [6.07, 6.45) is 3.85. The molecule has 0 N–H and O–H groups in total. The van der Waals surface area contributed by atoms with Crippen molar-refractivity contribution in [2.24, 2.45) is 0 Å². The number of methoxy groups -OCH3 is 1. The maximum atomic E-state index is 10.5. The summed E-state index contributed by atoms with van der Waals surface area (Å²) in [5.74, 6) is -0.460. The van der Waals surface area contributed by atoms with Gasteiger partial charge < -0.3 is 19.4 Å². The molecule has 3 rings (SSSR count). The maximum Gasteiger partial charge on any atom is 0.161 e. The van der Waals surface area contributed by atoms with E-state index in [1.807, 2.05) is 42.5 Å². The number of benzene rings is 2. The molecule has 0 saturated heterocycles. The standard InChI is InChI=1S/C18H15NO4S/c1-22-15-10-12(6-8-14(15)23-11-18(20)21)7-9-17-19-13-4-2-3-5-16(13)24-17/h2-10H,11H2,1H3,(H,20,21)/p-1/b9-7+. The lowest BCUT2D eigenvalue weighted by Crippen LogP contribution is -2.29. The summed E-state index contributed by atoms with van der Waals surface area (Å²) >= 11 is 1.61. The molecule has 0 radical (unpaired) electrons. The average molecular weight is 340 g/mol. The number of carbonyl (C=O) groups excluding carboxylic acids is 1. The predicted octanol–water partition coefficient (Wildman–Crippen LogP) is 2.60. The Labute approximate surface area is 142 Å². The number of hydrogen-bond acceptors (Lipinski definition) is 6. The lowest BCUT2D eigenvalue weighted by Gasteiger charge is -2.11. The van der Waals surface area contributed by atoms with E-state index in [-0.39, 0.29) is 0 Å². The Balaban J connectivity index is 1.80. The van der Waals surface area contributed by atoms with Crippen LogP contribution in [0.4, 0.5) is 0 Å². The predicted molar refractivity (Wildman–Crippen MR) is 92.0 cm³/mol. The van der Waals surface area contributed by atoms with Gasteiger partial charge in [-0.15, -0.1) is 11.3 Å². The summed E-state index contributed by atoms with van der Waals surface area (Å²) < 4.78 is 11.5. The molecule has 0 aliphatic rings. The summed E-state index contributed by atoms with van der Waals surface area (Å²) in [5, 5.41) is 11.4. The molecule has 0 bridgehead atoms. The molecule has 1 aromatic heterocycles. The molecule has 0 fully saturated rings. The van der Waals surface area contributed by atoms with Crippen LogP contribution in [0.2, 0.25) is 0 Å². The van der Waals surface area contributed by atoms with Crippen LogP contribution in [0.1, 0.15) is 10.6 Å². The molecule has 3 aromatic rings. The molecule has 0 unspecified atom stereocenters. The number of thiazole rings is 1. The number of nitrogens with zero attached hydrogens (tertiary/aromatic N) is 1. The van der Waals surface area contributed by atoms with Crippen molar-refractivity contribution < 1.29 is 19.4 Å². The van der Waals surface area contributed by atoms with Crippen molar-refractivity contribution in [3.63, 3.8) is 0 Å². The molecular formula is C18H14NO4S-. The summed E-state index contributed by atoms with van der Waals surface area (Å²) in [6, 6.07) is 13.2. The van der Waals surface area contributed by atoms with Gasteiger partial charge in [-0.2, -0.15) is 0 Å². The Bertz CT molecular complexity index is 868. The lowest BCUT2D eigenvalue weighted by molar-refractivity contribution is -0.307. The van der Waals surface area contributed by atoms with Gasteiger partial charge in [-0.05, 0) is 35.9 Å². The Morgan fingerprint density at radius 1 is 1.21 bits per heavy atom. The molecular weight excluding hydrogens is 326 g/mol. The molecule has 0 spiro atoms. The highest BCUT2D eigenvalue weighted by Gasteiger charge is 2.05. The lowest BCUT2D eigenvalue weighted by atomic mass is 10.2. The van der Waals surface area contributed by atoms with Gasteiger partial charge in [0.1, 0.15) is 11.6 Å². The van der Waals surface area contributed by atoms with Crippen molar-refractivity contribution in [3.05, 3.63) is 53.0 Å². The zero-order valence-corrected chi connectivity index (χ0v) is 13.7. The molecule has 6 heteroatoms. The monoisotopic (exact) mass is 340 g/mol. The smallest absolute Gasteiger partial charge is 0.161 e. The highest BCUT2D eigenvalue weighted by Crippen LogP contribution is 2.29.